The van der Waals surface area contributed by atoms with Gasteiger partial charge in [-0.3, -0.25) is 0 Å². The fraction of sp³-hybridized carbons (Fsp3) is 0.267. The third kappa shape index (κ3) is 3.95. The second-order valence-electron chi connectivity index (χ2n) is 4.44. The smallest absolute Gasteiger partial charge is 0.256 e. The molecular weight excluding hydrogens is 281 g/mol. The van der Waals surface area contributed by atoms with Crippen LogP contribution in [0, 0.1) is 17.5 Å². The molecular formula is C15H15F3N2O. The van der Waals surface area contributed by atoms with Gasteiger partial charge in [0.2, 0.25) is 0 Å². The van der Waals surface area contributed by atoms with E-state index in [0.29, 0.717) is 18.2 Å². The maximum atomic E-state index is 14.2. The van der Waals surface area contributed by atoms with Crippen LogP contribution in [0.15, 0.2) is 30.5 Å². The van der Waals surface area contributed by atoms with Gasteiger partial charge in [0.1, 0.15) is 5.82 Å². The summed E-state index contributed by atoms with van der Waals surface area (Å²) in [5.74, 6) is -2.92. The Balaban J connectivity index is 2.18. The summed E-state index contributed by atoms with van der Waals surface area (Å²) < 4.78 is 45.6. The molecule has 1 aromatic heterocycles. The number of halogens is 3. The van der Waals surface area contributed by atoms with Crippen molar-refractivity contribution in [1.29, 1.82) is 0 Å². The molecule has 0 aliphatic rings. The summed E-state index contributed by atoms with van der Waals surface area (Å²) in [5.41, 5.74) is 0.371. The highest BCUT2D eigenvalue weighted by atomic mass is 19.1. The molecule has 0 radical (unpaired) electrons. The number of pyridine rings is 1. The van der Waals surface area contributed by atoms with E-state index in [1.54, 1.807) is 0 Å². The van der Waals surface area contributed by atoms with Gasteiger partial charge in [-0.15, -0.1) is 0 Å². The Kier molecular flexibility index (Phi) is 5.16. The van der Waals surface area contributed by atoms with Gasteiger partial charge in [0.15, 0.2) is 17.4 Å². The molecule has 112 valence electrons. The van der Waals surface area contributed by atoms with Crippen LogP contribution in [0.2, 0.25) is 0 Å². The summed E-state index contributed by atoms with van der Waals surface area (Å²) in [6.45, 7) is 3.08. The predicted octanol–water partition coefficient (Wildman–Crippen LogP) is 3.79. The van der Waals surface area contributed by atoms with E-state index < -0.39 is 17.5 Å². The largest absolute Gasteiger partial charge is 0.433 e. The van der Waals surface area contributed by atoms with E-state index in [1.807, 2.05) is 6.92 Å². The normalized spacial score (nSPS) is 10.7. The maximum absolute atomic E-state index is 14.2. The first kappa shape index (κ1) is 15.3. The average molecular weight is 296 g/mol. The van der Waals surface area contributed by atoms with Crippen molar-refractivity contribution in [3.05, 3.63) is 53.5 Å². The van der Waals surface area contributed by atoms with Crippen molar-refractivity contribution in [2.24, 2.45) is 0 Å². The van der Waals surface area contributed by atoms with Crippen molar-refractivity contribution >= 4 is 0 Å². The van der Waals surface area contributed by atoms with Crippen LogP contribution in [0.25, 0.3) is 0 Å². The molecule has 2 rings (SSSR count). The van der Waals surface area contributed by atoms with E-state index in [9.17, 15) is 13.2 Å². The summed E-state index contributed by atoms with van der Waals surface area (Å²) in [4.78, 5) is 3.74. The predicted molar refractivity (Wildman–Crippen MR) is 72.6 cm³/mol. The highest BCUT2D eigenvalue weighted by Crippen LogP contribution is 2.26. The molecule has 0 aliphatic carbocycles. The minimum absolute atomic E-state index is 0.276. The van der Waals surface area contributed by atoms with Gasteiger partial charge in [0, 0.05) is 24.4 Å². The second kappa shape index (κ2) is 7.08. The van der Waals surface area contributed by atoms with E-state index in [2.05, 4.69) is 10.3 Å². The lowest BCUT2D eigenvalue weighted by Crippen LogP contribution is -2.15. The Labute approximate surface area is 120 Å². The summed E-state index contributed by atoms with van der Waals surface area (Å²) in [5, 5.41) is 3.06. The summed E-state index contributed by atoms with van der Waals surface area (Å²) in [6.07, 6.45) is 2.31. The number of nitrogens with one attached hydrogen (secondary N) is 1. The second-order valence-corrected chi connectivity index (χ2v) is 4.44. The Morgan fingerprint density at radius 1 is 1.19 bits per heavy atom. The molecule has 0 bridgehead atoms. The Bertz CT molecular complexity index is 620. The monoisotopic (exact) mass is 296 g/mol. The number of hydrogen-bond donors (Lipinski definition) is 1. The van der Waals surface area contributed by atoms with Crippen LogP contribution < -0.4 is 10.1 Å². The third-order valence-electron chi connectivity index (χ3n) is 2.78. The topological polar surface area (TPSA) is 34.2 Å². The molecule has 0 saturated heterocycles. The fourth-order valence-corrected chi connectivity index (χ4v) is 1.73. The maximum Gasteiger partial charge on any atom is 0.256 e. The van der Waals surface area contributed by atoms with Gasteiger partial charge < -0.3 is 10.1 Å². The van der Waals surface area contributed by atoms with Crippen molar-refractivity contribution in [1.82, 2.24) is 10.3 Å². The lowest BCUT2D eigenvalue weighted by molar-refractivity contribution is 0.392. The summed E-state index contributed by atoms with van der Waals surface area (Å²) >= 11 is 0. The van der Waals surface area contributed by atoms with Crippen molar-refractivity contribution in [3.8, 4) is 11.6 Å². The van der Waals surface area contributed by atoms with Gasteiger partial charge in [-0.05, 0) is 31.2 Å². The molecule has 0 unspecified atom stereocenters. The number of hydrogen-bond acceptors (Lipinski definition) is 3. The highest BCUT2D eigenvalue weighted by Gasteiger charge is 2.14. The SMILES string of the molecule is CCCNCc1ccnc(Oc2ccc(F)cc2F)c1F. The minimum atomic E-state index is -0.911. The van der Waals surface area contributed by atoms with Crippen molar-refractivity contribution in [3.63, 3.8) is 0 Å². The summed E-state index contributed by atoms with van der Waals surface area (Å²) in [6, 6.07) is 4.31. The van der Waals surface area contributed by atoms with Crippen LogP contribution in [0.5, 0.6) is 11.6 Å². The Morgan fingerprint density at radius 2 is 2.00 bits per heavy atom. The standard InChI is InChI=1S/C15H15F3N2O/c1-2-6-19-9-10-5-7-20-15(14(10)18)21-13-4-3-11(16)8-12(13)17/h3-5,7-8,19H,2,6,9H2,1H3. The molecule has 2 aromatic rings. The lowest BCUT2D eigenvalue weighted by Gasteiger charge is -2.10. The molecule has 6 heteroatoms. The molecule has 0 amide bonds. The van der Waals surface area contributed by atoms with Crippen LogP contribution in [0.4, 0.5) is 13.2 Å². The zero-order valence-corrected chi connectivity index (χ0v) is 11.5. The molecule has 1 aromatic carbocycles. The first-order chi connectivity index (χ1) is 10.1. The Hall–Kier alpha value is -2.08. The third-order valence-corrected chi connectivity index (χ3v) is 2.78. The zero-order valence-electron chi connectivity index (χ0n) is 11.5. The molecule has 1 N–H and O–H groups in total. The molecule has 0 saturated carbocycles. The van der Waals surface area contributed by atoms with E-state index >= 15 is 0 Å². The van der Waals surface area contributed by atoms with Crippen LogP contribution in [-0.2, 0) is 6.54 Å². The molecule has 0 atom stereocenters. The zero-order chi connectivity index (χ0) is 15.2. The number of benzene rings is 1. The van der Waals surface area contributed by atoms with Gasteiger partial charge >= 0.3 is 0 Å². The van der Waals surface area contributed by atoms with E-state index in [-0.39, 0.29) is 11.6 Å². The quantitative estimate of drug-likeness (QED) is 0.824. The van der Waals surface area contributed by atoms with E-state index in [4.69, 9.17) is 4.74 Å². The number of ether oxygens (including phenoxy) is 1. The average Bonchev–Trinajstić information content (AvgIpc) is 2.46. The Morgan fingerprint density at radius 3 is 2.71 bits per heavy atom. The first-order valence-corrected chi connectivity index (χ1v) is 6.58. The molecule has 0 spiro atoms. The van der Waals surface area contributed by atoms with E-state index in [1.165, 1.54) is 12.3 Å². The molecule has 21 heavy (non-hydrogen) atoms. The van der Waals surface area contributed by atoms with Gasteiger partial charge in [0.25, 0.3) is 5.88 Å². The van der Waals surface area contributed by atoms with Crippen molar-refractivity contribution in [2.75, 3.05) is 6.54 Å². The van der Waals surface area contributed by atoms with Crippen molar-refractivity contribution in [2.45, 2.75) is 19.9 Å². The van der Waals surface area contributed by atoms with Gasteiger partial charge in [0.05, 0.1) is 0 Å². The van der Waals surface area contributed by atoms with E-state index in [0.717, 1.165) is 25.1 Å². The number of nitrogens with zero attached hydrogens (tertiary/aromatic N) is 1. The fourth-order valence-electron chi connectivity index (χ4n) is 1.73. The van der Waals surface area contributed by atoms with Crippen molar-refractivity contribution < 1.29 is 17.9 Å². The van der Waals surface area contributed by atoms with Crippen LogP contribution in [0.3, 0.4) is 0 Å². The minimum Gasteiger partial charge on any atom is -0.433 e. The van der Waals surface area contributed by atoms with Crippen LogP contribution in [-0.4, -0.2) is 11.5 Å². The number of aromatic nitrogens is 1. The molecule has 1 heterocycles. The number of rotatable bonds is 6. The van der Waals surface area contributed by atoms with Gasteiger partial charge in [-0.1, -0.05) is 6.92 Å². The van der Waals surface area contributed by atoms with Crippen LogP contribution >= 0.6 is 0 Å². The van der Waals surface area contributed by atoms with Gasteiger partial charge in [-0.2, -0.15) is 0 Å². The molecule has 0 fully saturated rings. The lowest BCUT2D eigenvalue weighted by atomic mass is 10.2. The molecule has 3 nitrogen and oxygen atoms in total. The summed E-state index contributed by atoms with van der Waals surface area (Å²) in [7, 11) is 0. The first-order valence-electron chi connectivity index (χ1n) is 6.58. The highest BCUT2D eigenvalue weighted by molar-refractivity contribution is 5.31. The van der Waals surface area contributed by atoms with Crippen LogP contribution in [0.1, 0.15) is 18.9 Å². The molecule has 0 aliphatic heterocycles. The van der Waals surface area contributed by atoms with Gasteiger partial charge in [-0.25, -0.2) is 18.2 Å².